The van der Waals surface area contributed by atoms with Crippen LogP contribution in [0.4, 0.5) is 5.82 Å². The van der Waals surface area contributed by atoms with Gasteiger partial charge in [-0.05, 0) is 19.8 Å². The van der Waals surface area contributed by atoms with Crippen LogP contribution in [0.5, 0.6) is 5.88 Å². The van der Waals surface area contributed by atoms with Crippen molar-refractivity contribution < 1.29 is 4.74 Å². The molecule has 98 valence electrons. The molecule has 1 heterocycles. The molecule has 18 heavy (non-hydrogen) atoms. The molecule has 4 nitrogen and oxygen atoms in total. The average Bonchev–Trinajstić information content (AvgIpc) is 2.39. The molecule has 0 aliphatic rings. The molecule has 0 spiro atoms. The number of halogens is 1. The fourth-order valence-electron chi connectivity index (χ4n) is 1.42. The van der Waals surface area contributed by atoms with E-state index in [2.05, 4.69) is 41.0 Å². The normalized spacial score (nSPS) is 9.83. The van der Waals surface area contributed by atoms with Crippen molar-refractivity contribution >= 4 is 17.4 Å². The fraction of sp³-hybridized carbons (Fsp3) is 0.538. The summed E-state index contributed by atoms with van der Waals surface area (Å²) >= 11 is 6.19. The van der Waals surface area contributed by atoms with E-state index in [0.717, 1.165) is 12.8 Å². The van der Waals surface area contributed by atoms with Crippen LogP contribution in [0.3, 0.4) is 0 Å². The number of anilines is 1. The standard InChI is InChI=1S/C13H18ClN3O/c1-4-7-8-18-13-11(14)12(15-9-16-13)17-10(5-2)6-3/h9-10H,5-6,8H2,1-3H3,(H,15,16,17). The summed E-state index contributed by atoms with van der Waals surface area (Å²) in [5.41, 5.74) is 0. The van der Waals surface area contributed by atoms with Crippen molar-refractivity contribution in [2.24, 2.45) is 0 Å². The zero-order valence-electron chi connectivity index (χ0n) is 11.0. The summed E-state index contributed by atoms with van der Waals surface area (Å²) in [4.78, 5) is 8.13. The Kier molecular flexibility index (Phi) is 6.31. The highest BCUT2D eigenvalue weighted by molar-refractivity contribution is 6.34. The molecule has 0 bridgehead atoms. The predicted octanol–water partition coefficient (Wildman–Crippen LogP) is 3.13. The maximum atomic E-state index is 6.19. The van der Waals surface area contributed by atoms with Gasteiger partial charge in [0.15, 0.2) is 12.4 Å². The lowest BCUT2D eigenvalue weighted by Crippen LogP contribution is -2.18. The van der Waals surface area contributed by atoms with Crippen molar-refractivity contribution in [2.45, 2.75) is 39.7 Å². The molecular formula is C13H18ClN3O. The molecule has 0 unspecified atom stereocenters. The van der Waals surface area contributed by atoms with Gasteiger partial charge in [-0.2, -0.15) is 0 Å². The highest BCUT2D eigenvalue weighted by Crippen LogP contribution is 2.28. The quantitative estimate of drug-likeness (QED) is 0.805. The monoisotopic (exact) mass is 267 g/mol. The van der Waals surface area contributed by atoms with Crippen LogP contribution >= 0.6 is 11.6 Å². The molecule has 0 aliphatic heterocycles. The molecule has 1 aromatic rings. The van der Waals surface area contributed by atoms with Crippen LogP contribution in [-0.2, 0) is 0 Å². The second-order valence-corrected chi connectivity index (χ2v) is 4.09. The minimum atomic E-state index is 0.275. The zero-order valence-corrected chi connectivity index (χ0v) is 11.7. The molecular weight excluding hydrogens is 250 g/mol. The molecule has 5 heteroatoms. The lowest BCUT2D eigenvalue weighted by atomic mass is 10.2. The third kappa shape index (κ3) is 4.08. The number of nitrogens with one attached hydrogen (secondary N) is 1. The minimum Gasteiger partial charge on any atom is -0.463 e. The van der Waals surface area contributed by atoms with Gasteiger partial charge in [0.25, 0.3) is 0 Å². The second kappa shape index (κ2) is 7.78. The molecule has 0 amide bonds. The lowest BCUT2D eigenvalue weighted by molar-refractivity contribution is 0.355. The number of aromatic nitrogens is 2. The number of hydrogen-bond donors (Lipinski definition) is 1. The third-order valence-electron chi connectivity index (χ3n) is 2.54. The highest BCUT2D eigenvalue weighted by atomic mass is 35.5. The molecule has 1 rings (SSSR count). The summed E-state index contributed by atoms with van der Waals surface area (Å²) in [5.74, 6) is 6.51. The molecule has 1 aromatic heterocycles. The topological polar surface area (TPSA) is 47.0 Å². The van der Waals surface area contributed by atoms with Crippen molar-refractivity contribution in [2.75, 3.05) is 11.9 Å². The van der Waals surface area contributed by atoms with Crippen LogP contribution in [0.1, 0.15) is 33.6 Å². The van der Waals surface area contributed by atoms with E-state index < -0.39 is 0 Å². The van der Waals surface area contributed by atoms with E-state index in [4.69, 9.17) is 16.3 Å². The summed E-state index contributed by atoms with van der Waals surface area (Å²) in [5, 5.41) is 3.68. The van der Waals surface area contributed by atoms with Crippen LogP contribution in [0.25, 0.3) is 0 Å². The summed E-state index contributed by atoms with van der Waals surface area (Å²) in [6.45, 7) is 6.26. The van der Waals surface area contributed by atoms with Gasteiger partial charge in [-0.3, -0.25) is 0 Å². The van der Waals surface area contributed by atoms with Crippen molar-refractivity contribution in [3.8, 4) is 17.7 Å². The molecule has 0 aliphatic carbocycles. The van der Waals surface area contributed by atoms with E-state index in [-0.39, 0.29) is 6.61 Å². The van der Waals surface area contributed by atoms with E-state index in [1.54, 1.807) is 6.92 Å². The van der Waals surface area contributed by atoms with Crippen LogP contribution in [0, 0.1) is 11.8 Å². The lowest BCUT2D eigenvalue weighted by Gasteiger charge is -2.16. The van der Waals surface area contributed by atoms with Gasteiger partial charge in [0.05, 0.1) is 0 Å². The van der Waals surface area contributed by atoms with Crippen LogP contribution in [0.2, 0.25) is 5.02 Å². The van der Waals surface area contributed by atoms with Gasteiger partial charge >= 0.3 is 0 Å². The Morgan fingerprint density at radius 2 is 2.11 bits per heavy atom. The largest absolute Gasteiger partial charge is 0.463 e. The maximum Gasteiger partial charge on any atom is 0.238 e. The van der Waals surface area contributed by atoms with E-state index in [1.807, 2.05) is 0 Å². The second-order valence-electron chi connectivity index (χ2n) is 3.71. The van der Waals surface area contributed by atoms with Crippen molar-refractivity contribution in [1.82, 2.24) is 9.97 Å². The van der Waals surface area contributed by atoms with Gasteiger partial charge in [-0.25, -0.2) is 9.97 Å². The van der Waals surface area contributed by atoms with E-state index in [1.165, 1.54) is 6.33 Å². The Morgan fingerprint density at radius 3 is 2.72 bits per heavy atom. The average molecular weight is 268 g/mol. The summed E-state index contributed by atoms with van der Waals surface area (Å²) in [6.07, 6.45) is 3.45. The SMILES string of the molecule is CC#CCOc1ncnc(NC(CC)CC)c1Cl. The smallest absolute Gasteiger partial charge is 0.238 e. The Hall–Kier alpha value is -1.47. The van der Waals surface area contributed by atoms with Gasteiger partial charge in [0, 0.05) is 6.04 Å². The van der Waals surface area contributed by atoms with Gasteiger partial charge in [-0.1, -0.05) is 31.4 Å². The number of hydrogen-bond acceptors (Lipinski definition) is 4. The van der Waals surface area contributed by atoms with Crippen LogP contribution < -0.4 is 10.1 Å². The van der Waals surface area contributed by atoms with E-state index in [9.17, 15) is 0 Å². The van der Waals surface area contributed by atoms with Gasteiger partial charge < -0.3 is 10.1 Å². The van der Waals surface area contributed by atoms with Crippen molar-refractivity contribution in [1.29, 1.82) is 0 Å². The third-order valence-corrected chi connectivity index (χ3v) is 2.88. The molecule has 0 radical (unpaired) electrons. The summed E-state index contributed by atoms with van der Waals surface area (Å²) < 4.78 is 5.37. The Balaban J connectivity index is 2.79. The van der Waals surface area contributed by atoms with E-state index >= 15 is 0 Å². The first kappa shape index (κ1) is 14.6. The molecule has 0 saturated carbocycles. The first-order valence-electron chi connectivity index (χ1n) is 6.02. The number of rotatable bonds is 6. The Labute approximate surface area is 113 Å². The summed E-state index contributed by atoms with van der Waals surface area (Å²) in [6, 6.07) is 0.348. The van der Waals surface area contributed by atoms with E-state index in [0.29, 0.717) is 22.8 Å². The molecule has 1 N–H and O–H groups in total. The minimum absolute atomic E-state index is 0.275. The van der Waals surface area contributed by atoms with Gasteiger partial charge in [-0.15, -0.1) is 5.92 Å². The molecule has 0 saturated heterocycles. The molecule has 0 atom stereocenters. The number of ether oxygens (including phenoxy) is 1. The van der Waals surface area contributed by atoms with Crippen molar-refractivity contribution in [3.05, 3.63) is 11.3 Å². The van der Waals surface area contributed by atoms with Gasteiger partial charge in [0.2, 0.25) is 5.88 Å². The zero-order chi connectivity index (χ0) is 13.4. The summed E-state index contributed by atoms with van der Waals surface area (Å²) in [7, 11) is 0. The Morgan fingerprint density at radius 1 is 1.39 bits per heavy atom. The van der Waals surface area contributed by atoms with Crippen LogP contribution in [-0.4, -0.2) is 22.6 Å². The predicted molar refractivity (Wildman–Crippen MR) is 74.0 cm³/mol. The highest BCUT2D eigenvalue weighted by Gasteiger charge is 2.12. The Bertz CT molecular complexity index is 436. The van der Waals surface area contributed by atoms with Gasteiger partial charge in [0.1, 0.15) is 11.3 Å². The van der Waals surface area contributed by atoms with Crippen molar-refractivity contribution in [3.63, 3.8) is 0 Å². The maximum absolute atomic E-state index is 6.19. The fourth-order valence-corrected chi connectivity index (χ4v) is 1.62. The number of nitrogens with zero attached hydrogens (tertiary/aromatic N) is 2. The molecule has 0 fully saturated rings. The van der Waals surface area contributed by atoms with Crippen LogP contribution in [0.15, 0.2) is 6.33 Å². The molecule has 0 aromatic carbocycles. The first-order chi connectivity index (χ1) is 8.72. The first-order valence-corrected chi connectivity index (χ1v) is 6.40.